The standard InChI is InChI=1S/C9H6BrN2/c10-8-3-1-2-7(6-8)9-4-5-11-12-9/h1-4,6H,(H,11,12). The summed E-state index contributed by atoms with van der Waals surface area (Å²) in [5.74, 6) is 0. The molecule has 0 spiro atoms. The van der Waals surface area contributed by atoms with E-state index in [0.29, 0.717) is 0 Å². The van der Waals surface area contributed by atoms with Gasteiger partial charge in [-0.05, 0) is 18.2 Å². The predicted octanol–water partition coefficient (Wildman–Crippen LogP) is 2.64. The lowest BCUT2D eigenvalue weighted by atomic mass is 10.2. The Morgan fingerprint density at radius 1 is 1.42 bits per heavy atom. The second kappa shape index (κ2) is 3.11. The van der Waals surface area contributed by atoms with Gasteiger partial charge in [-0.25, -0.2) is 0 Å². The maximum atomic E-state index is 3.76. The van der Waals surface area contributed by atoms with E-state index in [2.05, 4.69) is 32.3 Å². The number of nitrogens with one attached hydrogen (secondary N) is 1. The fraction of sp³-hybridized carbons (Fsp3) is 0. The monoisotopic (exact) mass is 221 g/mol. The van der Waals surface area contributed by atoms with Crippen molar-refractivity contribution in [2.24, 2.45) is 0 Å². The van der Waals surface area contributed by atoms with E-state index in [1.54, 1.807) is 0 Å². The third kappa shape index (κ3) is 1.41. The molecule has 3 heteroatoms. The molecule has 12 heavy (non-hydrogen) atoms. The highest BCUT2D eigenvalue weighted by molar-refractivity contribution is 9.10. The molecule has 0 aliphatic carbocycles. The van der Waals surface area contributed by atoms with E-state index in [1.807, 2.05) is 30.3 Å². The Balaban J connectivity index is 2.48. The molecule has 2 rings (SSSR count). The van der Waals surface area contributed by atoms with Gasteiger partial charge in [0.25, 0.3) is 0 Å². The zero-order valence-electron chi connectivity index (χ0n) is 6.21. The van der Waals surface area contributed by atoms with Gasteiger partial charge in [-0.2, -0.15) is 5.10 Å². The van der Waals surface area contributed by atoms with E-state index in [1.165, 1.54) is 0 Å². The van der Waals surface area contributed by atoms with Crippen LogP contribution in [0.1, 0.15) is 0 Å². The molecule has 0 aliphatic heterocycles. The summed E-state index contributed by atoms with van der Waals surface area (Å²) in [6, 6.07) is 9.85. The molecule has 2 nitrogen and oxygen atoms in total. The summed E-state index contributed by atoms with van der Waals surface area (Å²) in [4.78, 5) is 0. The van der Waals surface area contributed by atoms with Crippen LogP contribution in [-0.2, 0) is 0 Å². The smallest absolute Gasteiger partial charge is 0.113 e. The number of hydrogen-bond acceptors (Lipinski definition) is 1. The first-order valence-electron chi connectivity index (χ1n) is 3.53. The lowest BCUT2D eigenvalue weighted by molar-refractivity contribution is 1.09. The van der Waals surface area contributed by atoms with Gasteiger partial charge in [0, 0.05) is 10.0 Å². The minimum atomic E-state index is 0.983. The quantitative estimate of drug-likeness (QED) is 0.789. The summed E-state index contributed by atoms with van der Waals surface area (Å²) in [5.41, 5.74) is 2.09. The lowest BCUT2D eigenvalue weighted by Crippen LogP contribution is -1.76. The molecule has 1 heterocycles. The number of aromatic nitrogens is 2. The molecule has 0 amide bonds. The Hall–Kier alpha value is -1.09. The molecule has 59 valence electrons. The molecule has 0 atom stereocenters. The van der Waals surface area contributed by atoms with Crippen LogP contribution >= 0.6 is 15.9 Å². The van der Waals surface area contributed by atoms with Gasteiger partial charge in [0.2, 0.25) is 0 Å². The average Bonchev–Trinajstić information content (AvgIpc) is 2.56. The number of nitrogens with zero attached hydrogens (tertiary/aromatic N) is 1. The molecule has 0 saturated carbocycles. The Bertz CT molecular complexity index is 368. The largest absolute Gasteiger partial charge is 0.277 e. The van der Waals surface area contributed by atoms with E-state index in [0.717, 1.165) is 15.7 Å². The van der Waals surface area contributed by atoms with Crippen molar-refractivity contribution < 1.29 is 0 Å². The molecular formula is C9H6BrN2. The molecule has 1 aromatic heterocycles. The molecule has 1 N–H and O–H groups in total. The van der Waals surface area contributed by atoms with Crippen LogP contribution in [-0.4, -0.2) is 10.2 Å². The normalized spacial score (nSPS) is 10.1. The van der Waals surface area contributed by atoms with E-state index >= 15 is 0 Å². The van der Waals surface area contributed by atoms with Crippen molar-refractivity contribution in [1.82, 2.24) is 10.2 Å². The molecule has 1 aromatic carbocycles. The number of rotatable bonds is 1. The van der Waals surface area contributed by atoms with Gasteiger partial charge in [0.15, 0.2) is 0 Å². The summed E-state index contributed by atoms with van der Waals surface area (Å²) in [6.45, 7) is 0. The van der Waals surface area contributed by atoms with E-state index in [4.69, 9.17) is 0 Å². The van der Waals surface area contributed by atoms with Crippen molar-refractivity contribution in [1.29, 1.82) is 0 Å². The van der Waals surface area contributed by atoms with Crippen LogP contribution in [0.25, 0.3) is 11.3 Å². The van der Waals surface area contributed by atoms with Crippen LogP contribution < -0.4 is 0 Å². The highest BCUT2D eigenvalue weighted by atomic mass is 79.9. The summed E-state index contributed by atoms with van der Waals surface area (Å²) in [6.07, 6.45) is 2.73. The number of aromatic amines is 1. The fourth-order valence-electron chi connectivity index (χ4n) is 1.03. The molecule has 0 saturated heterocycles. The van der Waals surface area contributed by atoms with Gasteiger partial charge in [-0.15, -0.1) is 0 Å². The number of hydrogen-bond donors (Lipinski definition) is 1. The van der Waals surface area contributed by atoms with E-state index in [9.17, 15) is 0 Å². The molecule has 0 aliphatic rings. The second-order valence-electron chi connectivity index (χ2n) is 2.42. The van der Waals surface area contributed by atoms with Crippen molar-refractivity contribution in [2.45, 2.75) is 0 Å². The van der Waals surface area contributed by atoms with E-state index in [-0.39, 0.29) is 0 Å². The maximum absolute atomic E-state index is 3.76. The first-order chi connectivity index (χ1) is 5.86. The number of H-pyrrole nitrogens is 1. The van der Waals surface area contributed by atoms with Gasteiger partial charge >= 0.3 is 0 Å². The summed E-state index contributed by atoms with van der Waals surface area (Å²) >= 11 is 3.40. The van der Waals surface area contributed by atoms with Gasteiger partial charge in [-0.1, -0.05) is 28.1 Å². The van der Waals surface area contributed by atoms with Crippen LogP contribution in [0.3, 0.4) is 0 Å². The minimum Gasteiger partial charge on any atom is -0.277 e. The van der Waals surface area contributed by atoms with Crippen molar-refractivity contribution in [3.05, 3.63) is 41.0 Å². The third-order valence-electron chi connectivity index (χ3n) is 1.59. The average molecular weight is 222 g/mol. The van der Waals surface area contributed by atoms with Crippen molar-refractivity contribution in [2.75, 3.05) is 0 Å². The molecule has 2 aromatic rings. The van der Waals surface area contributed by atoms with Gasteiger partial charge in [0.1, 0.15) is 6.20 Å². The van der Waals surface area contributed by atoms with Gasteiger partial charge in [-0.3, -0.25) is 5.10 Å². The van der Waals surface area contributed by atoms with Crippen LogP contribution in [0, 0.1) is 6.20 Å². The second-order valence-corrected chi connectivity index (χ2v) is 3.34. The molecule has 0 fully saturated rings. The van der Waals surface area contributed by atoms with Crippen molar-refractivity contribution >= 4 is 15.9 Å². The number of benzene rings is 1. The number of halogens is 1. The first kappa shape index (κ1) is 7.55. The maximum Gasteiger partial charge on any atom is 0.113 e. The highest BCUT2D eigenvalue weighted by Gasteiger charge is 1.97. The van der Waals surface area contributed by atoms with Crippen LogP contribution in [0.2, 0.25) is 0 Å². The topological polar surface area (TPSA) is 28.7 Å². The summed E-state index contributed by atoms with van der Waals surface area (Å²) in [7, 11) is 0. The first-order valence-corrected chi connectivity index (χ1v) is 4.33. The predicted molar refractivity (Wildman–Crippen MR) is 50.6 cm³/mol. The van der Waals surface area contributed by atoms with Gasteiger partial charge < -0.3 is 0 Å². The third-order valence-corrected chi connectivity index (χ3v) is 2.08. The van der Waals surface area contributed by atoms with Gasteiger partial charge in [0.05, 0.1) is 5.69 Å². The molecule has 1 radical (unpaired) electrons. The zero-order chi connectivity index (χ0) is 8.39. The van der Waals surface area contributed by atoms with Crippen LogP contribution in [0.15, 0.2) is 34.8 Å². The summed E-state index contributed by atoms with van der Waals surface area (Å²) < 4.78 is 1.06. The molecular weight excluding hydrogens is 216 g/mol. The van der Waals surface area contributed by atoms with Crippen LogP contribution in [0.4, 0.5) is 0 Å². The lowest BCUT2D eigenvalue weighted by Gasteiger charge is -1.96. The van der Waals surface area contributed by atoms with Crippen LogP contribution in [0.5, 0.6) is 0 Å². The summed E-state index contributed by atoms with van der Waals surface area (Å²) in [5, 5.41) is 6.62. The zero-order valence-corrected chi connectivity index (χ0v) is 7.80. The molecule has 0 unspecified atom stereocenters. The Kier molecular flexibility index (Phi) is 1.96. The Labute approximate surface area is 78.8 Å². The van der Waals surface area contributed by atoms with Crippen molar-refractivity contribution in [3.63, 3.8) is 0 Å². The van der Waals surface area contributed by atoms with E-state index < -0.39 is 0 Å². The SMILES string of the molecule is Brc1cccc(-c2c[c]n[nH]2)c1. The minimum absolute atomic E-state index is 0.983. The Morgan fingerprint density at radius 3 is 3.00 bits per heavy atom. The Morgan fingerprint density at radius 2 is 2.33 bits per heavy atom. The fourth-order valence-corrected chi connectivity index (χ4v) is 1.42. The molecule has 0 bridgehead atoms. The van der Waals surface area contributed by atoms with Crippen molar-refractivity contribution in [3.8, 4) is 11.3 Å². The highest BCUT2D eigenvalue weighted by Crippen LogP contribution is 2.19.